The fourth-order valence-electron chi connectivity index (χ4n) is 0.731. The summed E-state index contributed by atoms with van der Waals surface area (Å²) in [5.41, 5.74) is 0.398. The van der Waals surface area contributed by atoms with Gasteiger partial charge in [-0.3, -0.25) is 0 Å². The first kappa shape index (κ1) is 5.67. The molecule has 0 bridgehead atoms. The largest absolute Gasteiger partial charge is 0.384 e. The van der Waals surface area contributed by atoms with E-state index < -0.39 is 0 Å². The van der Waals surface area contributed by atoms with E-state index in [4.69, 9.17) is 0 Å². The number of hydrogen-bond acceptors (Lipinski definition) is 1. The molecule has 8 heavy (non-hydrogen) atoms. The van der Waals surface area contributed by atoms with Crippen molar-refractivity contribution in [3.63, 3.8) is 0 Å². The number of rotatable bonds is 0. The van der Waals surface area contributed by atoms with Gasteiger partial charge in [0.15, 0.2) is 0 Å². The standard InChI is InChI=1S/C7H13N/c1-7(2,3)6-4-5-8-6/h4-6,8H,1-3H3. The third kappa shape index (κ3) is 0.857. The summed E-state index contributed by atoms with van der Waals surface area (Å²) in [5.74, 6) is 0. The second kappa shape index (κ2) is 1.51. The molecule has 0 fully saturated rings. The molecule has 0 aromatic rings. The third-order valence-electron chi connectivity index (χ3n) is 1.50. The molecule has 0 saturated carbocycles. The van der Waals surface area contributed by atoms with Crippen molar-refractivity contribution >= 4 is 0 Å². The predicted octanol–water partition coefficient (Wildman–Crippen LogP) is 1.52. The van der Waals surface area contributed by atoms with Crippen molar-refractivity contribution in [2.75, 3.05) is 0 Å². The molecule has 0 spiro atoms. The van der Waals surface area contributed by atoms with Crippen LogP contribution < -0.4 is 5.32 Å². The van der Waals surface area contributed by atoms with Crippen molar-refractivity contribution in [3.05, 3.63) is 12.3 Å². The van der Waals surface area contributed by atoms with Crippen LogP contribution in [-0.4, -0.2) is 6.04 Å². The minimum atomic E-state index is 0.398. The molecular formula is C7H13N. The summed E-state index contributed by atoms with van der Waals surface area (Å²) in [6, 6.07) is 0.600. The minimum absolute atomic E-state index is 0.398. The molecule has 1 aliphatic heterocycles. The van der Waals surface area contributed by atoms with Gasteiger partial charge < -0.3 is 5.32 Å². The van der Waals surface area contributed by atoms with Gasteiger partial charge in [0.2, 0.25) is 0 Å². The molecule has 0 saturated heterocycles. The number of nitrogens with one attached hydrogen (secondary N) is 1. The number of hydrogen-bond donors (Lipinski definition) is 1. The zero-order chi connectivity index (χ0) is 6.20. The topological polar surface area (TPSA) is 12.0 Å². The van der Waals surface area contributed by atoms with Gasteiger partial charge in [-0.2, -0.15) is 0 Å². The molecule has 0 aliphatic carbocycles. The Hall–Kier alpha value is -0.460. The monoisotopic (exact) mass is 111 g/mol. The maximum Gasteiger partial charge on any atom is 0.0504 e. The van der Waals surface area contributed by atoms with Crippen molar-refractivity contribution in [2.24, 2.45) is 5.41 Å². The maximum atomic E-state index is 3.20. The zero-order valence-corrected chi connectivity index (χ0v) is 5.73. The van der Waals surface area contributed by atoms with Gasteiger partial charge in [0.1, 0.15) is 0 Å². The molecule has 0 aromatic heterocycles. The van der Waals surface area contributed by atoms with Gasteiger partial charge in [0.25, 0.3) is 0 Å². The van der Waals surface area contributed by atoms with Gasteiger partial charge in [-0.1, -0.05) is 20.8 Å². The van der Waals surface area contributed by atoms with E-state index in [1.807, 2.05) is 6.20 Å². The van der Waals surface area contributed by atoms with E-state index in [1.165, 1.54) is 0 Å². The molecule has 46 valence electrons. The van der Waals surface area contributed by atoms with Crippen molar-refractivity contribution in [2.45, 2.75) is 26.8 Å². The fraction of sp³-hybridized carbons (Fsp3) is 0.714. The Labute approximate surface area is 50.8 Å². The Bertz CT molecular complexity index is 108. The maximum absolute atomic E-state index is 3.20. The van der Waals surface area contributed by atoms with Gasteiger partial charge in [-0.05, 0) is 17.7 Å². The van der Waals surface area contributed by atoms with E-state index in [1.54, 1.807) is 0 Å². The molecule has 1 atom stereocenters. The van der Waals surface area contributed by atoms with Gasteiger partial charge >= 0.3 is 0 Å². The highest BCUT2D eigenvalue weighted by atomic mass is 14.9. The summed E-state index contributed by atoms with van der Waals surface area (Å²) in [5, 5.41) is 3.20. The molecule has 1 rings (SSSR count). The highest BCUT2D eigenvalue weighted by Gasteiger charge is 2.24. The first-order valence-electron chi connectivity index (χ1n) is 3.03. The lowest BCUT2D eigenvalue weighted by molar-refractivity contribution is 0.315. The van der Waals surface area contributed by atoms with Crippen molar-refractivity contribution in [3.8, 4) is 0 Å². The van der Waals surface area contributed by atoms with Crippen LogP contribution in [0, 0.1) is 5.41 Å². The predicted molar refractivity (Wildman–Crippen MR) is 35.5 cm³/mol. The quantitative estimate of drug-likeness (QED) is 0.499. The van der Waals surface area contributed by atoms with Crippen LogP contribution in [0.4, 0.5) is 0 Å². The van der Waals surface area contributed by atoms with E-state index in [0.717, 1.165) is 0 Å². The van der Waals surface area contributed by atoms with Crippen LogP contribution in [0.15, 0.2) is 12.3 Å². The third-order valence-corrected chi connectivity index (χ3v) is 1.50. The fourth-order valence-corrected chi connectivity index (χ4v) is 0.731. The van der Waals surface area contributed by atoms with Crippen LogP contribution in [0.25, 0.3) is 0 Å². The first-order valence-corrected chi connectivity index (χ1v) is 3.03. The average Bonchev–Trinajstić information content (AvgIpc) is 1.16. The molecular weight excluding hydrogens is 98.1 g/mol. The molecule has 0 amide bonds. The Balaban J connectivity index is 2.48. The van der Waals surface area contributed by atoms with E-state index in [-0.39, 0.29) is 0 Å². The minimum Gasteiger partial charge on any atom is -0.384 e. The highest BCUT2D eigenvalue weighted by Crippen LogP contribution is 2.23. The molecule has 1 aliphatic rings. The summed E-state index contributed by atoms with van der Waals surface area (Å²) in [7, 11) is 0. The van der Waals surface area contributed by atoms with E-state index in [0.29, 0.717) is 11.5 Å². The van der Waals surface area contributed by atoms with Crippen LogP contribution in [0.1, 0.15) is 20.8 Å². The van der Waals surface area contributed by atoms with Crippen LogP contribution >= 0.6 is 0 Å². The smallest absolute Gasteiger partial charge is 0.0504 e. The summed E-state index contributed by atoms with van der Waals surface area (Å²) < 4.78 is 0. The first-order chi connectivity index (χ1) is 3.61. The molecule has 0 radical (unpaired) electrons. The SMILES string of the molecule is CC(C)(C)C1C=CN1. The zero-order valence-electron chi connectivity index (χ0n) is 5.73. The second-order valence-electron chi connectivity index (χ2n) is 3.37. The van der Waals surface area contributed by atoms with E-state index in [2.05, 4.69) is 32.2 Å². The summed E-state index contributed by atoms with van der Waals surface area (Å²) in [6.45, 7) is 6.69. The van der Waals surface area contributed by atoms with Gasteiger partial charge in [-0.25, -0.2) is 0 Å². The molecule has 1 unspecified atom stereocenters. The average molecular weight is 111 g/mol. The molecule has 1 N–H and O–H groups in total. The Morgan fingerprint density at radius 1 is 1.38 bits per heavy atom. The Kier molecular flexibility index (Phi) is 1.07. The normalized spacial score (nSPS) is 26.6. The lowest BCUT2D eigenvalue weighted by Gasteiger charge is -2.33. The van der Waals surface area contributed by atoms with Crippen molar-refractivity contribution in [1.29, 1.82) is 0 Å². The van der Waals surface area contributed by atoms with Crippen molar-refractivity contribution < 1.29 is 0 Å². The van der Waals surface area contributed by atoms with Crippen LogP contribution in [0.5, 0.6) is 0 Å². The summed E-state index contributed by atoms with van der Waals surface area (Å²) in [4.78, 5) is 0. The molecule has 0 aromatic carbocycles. The lowest BCUT2D eigenvalue weighted by Crippen LogP contribution is -2.41. The van der Waals surface area contributed by atoms with Crippen LogP contribution in [0.3, 0.4) is 0 Å². The van der Waals surface area contributed by atoms with Crippen LogP contribution in [-0.2, 0) is 0 Å². The summed E-state index contributed by atoms with van der Waals surface area (Å²) >= 11 is 0. The van der Waals surface area contributed by atoms with Crippen LogP contribution in [0.2, 0.25) is 0 Å². The van der Waals surface area contributed by atoms with E-state index >= 15 is 0 Å². The lowest BCUT2D eigenvalue weighted by atomic mass is 9.85. The second-order valence-corrected chi connectivity index (χ2v) is 3.37. The van der Waals surface area contributed by atoms with Gasteiger partial charge in [0.05, 0.1) is 6.04 Å². The Morgan fingerprint density at radius 3 is 1.88 bits per heavy atom. The van der Waals surface area contributed by atoms with Gasteiger partial charge in [0, 0.05) is 0 Å². The molecule has 1 heteroatoms. The Morgan fingerprint density at radius 2 is 1.88 bits per heavy atom. The molecule has 1 heterocycles. The van der Waals surface area contributed by atoms with Crippen molar-refractivity contribution in [1.82, 2.24) is 5.32 Å². The molecule has 1 nitrogen and oxygen atoms in total. The highest BCUT2D eigenvalue weighted by molar-refractivity contribution is 5.09. The van der Waals surface area contributed by atoms with Gasteiger partial charge in [-0.15, -0.1) is 0 Å². The van der Waals surface area contributed by atoms with E-state index in [9.17, 15) is 0 Å². The summed E-state index contributed by atoms with van der Waals surface area (Å²) in [6.07, 6.45) is 4.19.